The molecule has 0 unspecified atom stereocenters. The van der Waals surface area contributed by atoms with Crippen LogP contribution in [0.2, 0.25) is 0 Å². The quantitative estimate of drug-likeness (QED) is 0.700. The molecule has 5 heteroatoms. The molecular formula is C11H15N3O2. The Hall–Kier alpha value is -1.62. The second-order valence-corrected chi connectivity index (χ2v) is 3.76. The highest BCUT2D eigenvalue weighted by molar-refractivity contribution is 5.91. The van der Waals surface area contributed by atoms with E-state index in [-0.39, 0.29) is 5.91 Å². The number of amides is 1. The van der Waals surface area contributed by atoms with Crippen molar-refractivity contribution in [1.29, 1.82) is 0 Å². The summed E-state index contributed by atoms with van der Waals surface area (Å²) in [6.45, 7) is 1.31. The molecule has 2 heterocycles. The molecule has 0 bridgehead atoms. The first-order valence-electron chi connectivity index (χ1n) is 5.37. The van der Waals surface area contributed by atoms with E-state index in [1.807, 2.05) is 13.2 Å². The van der Waals surface area contributed by atoms with Gasteiger partial charge in [-0.15, -0.1) is 0 Å². The molecule has 1 aromatic rings. The first-order chi connectivity index (χ1) is 7.75. The molecule has 0 atom stereocenters. The Balaban J connectivity index is 1.93. The maximum atomic E-state index is 11.7. The molecule has 0 aliphatic carbocycles. The summed E-state index contributed by atoms with van der Waals surface area (Å²) in [6.07, 6.45) is 8.85. The van der Waals surface area contributed by atoms with Crippen LogP contribution in [0.5, 0.6) is 0 Å². The molecule has 86 valence electrons. The summed E-state index contributed by atoms with van der Waals surface area (Å²) >= 11 is 0. The summed E-state index contributed by atoms with van der Waals surface area (Å²) in [7, 11) is 1.84. The number of nitrogens with zero attached hydrogens (tertiary/aromatic N) is 3. The van der Waals surface area contributed by atoms with Gasteiger partial charge in [0.2, 0.25) is 0 Å². The molecule has 1 fully saturated rings. The largest absolute Gasteiger partial charge is 0.275 e. The molecule has 0 N–H and O–H groups in total. The van der Waals surface area contributed by atoms with Crippen LogP contribution in [0.15, 0.2) is 18.5 Å². The smallest absolute Gasteiger partial charge is 0.270 e. The van der Waals surface area contributed by atoms with Crippen LogP contribution in [0.25, 0.3) is 6.08 Å². The Morgan fingerprint density at radius 2 is 2.44 bits per heavy atom. The summed E-state index contributed by atoms with van der Waals surface area (Å²) in [6, 6.07) is 0. The lowest BCUT2D eigenvalue weighted by Gasteiger charge is -2.24. The lowest BCUT2D eigenvalue weighted by atomic mass is 10.3. The molecule has 0 aromatic carbocycles. The fraction of sp³-hybridized carbons (Fsp3) is 0.455. The normalized spacial score (nSPS) is 16.9. The molecule has 1 aliphatic rings. The second kappa shape index (κ2) is 4.94. The summed E-state index contributed by atoms with van der Waals surface area (Å²) in [5.74, 6) is -0.108. The van der Waals surface area contributed by atoms with E-state index in [1.54, 1.807) is 17.0 Å². The Morgan fingerprint density at radius 1 is 1.56 bits per heavy atom. The van der Waals surface area contributed by atoms with Crippen LogP contribution in [-0.4, -0.2) is 33.9 Å². The van der Waals surface area contributed by atoms with Gasteiger partial charge in [-0.2, -0.15) is 5.10 Å². The Bertz CT molecular complexity index is 392. The van der Waals surface area contributed by atoms with E-state index in [0.29, 0.717) is 13.2 Å². The molecule has 2 rings (SSSR count). The molecule has 16 heavy (non-hydrogen) atoms. The van der Waals surface area contributed by atoms with Gasteiger partial charge in [-0.3, -0.25) is 14.3 Å². The third-order valence-electron chi connectivity index (χ3n) is 2.39. The second-order valence-electron chi connectivity index (χ2n) is 3.76. The van der Waals surface area contributed by atoms with Gasteiger partial charge in [-0.25, -0.2) is 5.06 Å². The molecule has 1 amide bonds. The number of aryl methyl sites for hydroxylation is 1. The zero-order chi connectivity index (χ0) is 11.4. The van der Waals surface area contributed by atoms with Crippen molar-refractivity contribution in [3.8, 4) is 0 Å². The zero-order valence-corrected chi connectivity index (χ0v) is 9.30. The van der Waals surface area contributed by atoms with Crippen molar-refractivity contribution in [2.45, 2.75) is 12.8 Å². The molecule has 1 aromatic heterocycles. The Labute approximate surface area is 94.3 Å². The standard InChI is InChI=1S/C11H15N3O2/c1-13-9-10(8-12-13)4-5-11(15)14-6-2-3-7-16-14/h4-5,8-9H,2-3,6-7H2,1H3/b5-4+. The molecule has 5 nitrogen and oxygen atoms in total. The SMILES string of the molecule is Cn1cc(/C=C/C(=O)N2CCCCO2)cn1. The number of hydrogen-bond acceptors (Lipinski definition) is 3. The molecular weight excluding hydrogens is 206 g/mol. The van der Waals surface area contributed by atoms with Gasteiger partial charge in [0.15, 0.2) is 0 Å². The fourth-order valence-electron chi connectivity index (χ4n) is 1.55. The van der Waals surface area contributed by atoms with Gasteiger partial charge in [-0.05, 0) is 18.9 Å². The van der Waals surface area contributed by atoms with Crippen LogP contribution >= 0.6 is 0 Å². The molecule has 0 radical (unpaired) electrons. The first kappa shape index (κ1) is 10.9. The van der Waals surface area contributed by atoms with E-state index in [9.17, 15) is 4.79 Å². The highest BCUT2D eigenvalue weighted by Crippen LogP contribution is 2.07. The van der Waals surface area contributed by atoms with E-state index in [4.69, 9.17) is 4.84 Å². The highest BCUT2D eigenvalue weighted by atomic mass is 16.7. The van der Waals surface area contributed by atoms with Gasteiger partial charge >= 0.3 is 0 Å². The summed E-state index contributed by atoms with van der Waals surface area (Å²) in [4.78, 5) is 16.9. The van der Waals surface area contributed by atoms with Gasteiger partial charge in [0.1, 0.15) is 0 Å². The number of carbonyl (C=O) groups excluding carboxylic acids is 1. The van der Waals surface area contributed by atoms with E-state index >= 15 is 0 Å². The maximum absolute atomic E-state index is 11.7. The van der Waals surface area contributed by atoms with Crippen molar-refractivity contribution in [2.24, 2.45) is 7.05 Å². The number of hydrogen-bond donors (Lipinski definition) is 0. The molecule has 0 spiro atoms. The van der Waals surface area contributed by atoms with Crippen LogP contribution < -0.4 is 0 Å². The van der Waals surface area contributed by atoms with Gasteiger partial charge in [0.05, 0.1) is 12.8 Å². The van der Waals surface area contributed by atoms with Gasteiger partial charge in [0.25, 0.3) is 5.91 Å². The van der Waals surface area contributed by atoms with E-state index < -0.39 is 0 Å². The molecule has 0 saturated carbocycles. The van der Waals surface area contributed by atoms with E-state index in [2.05, 4.69) is 5.10 Å². The third-order valence-corrected chi connectivity index (χ3v) is 2.39. The topological polar surface area (TPSA) is 47.4 Å². The Morgan fingerprint density at radius 3 is 3.06 bits per heavy atom. The average molecular weight is 221 g/mol. The van der Waals surface area contributed by atoms with Crippen LogP contribution in [0.3, 0.4) is 0 Å². The van der Waals surface area contributed by atoms with Crippen LogP contribution in [0.4, 0.5) is 0 Å². The van der Waals surface area contributed by atoms with E-state index in [0.717, 1.165) is 18.4 Å². The average Bonchev–Trinajstić information content (AvgIpc) is 2.73. The van der Waals surface area contributed by atoms with Crippen molar-refractivity contribution >= 4 is 12.0 Å². The number of aromatic nitrogens is 2. The number of hydroxylamine groups is 2. The van der Waals surface area contributed by atoms with Crippen LogP contribution in [-0.2, 0) is 16.7 Å². The molecule has 1 aliphatic heterocycles. The van der Waals surface area contributed by atoms with Gasteiger partial charge < -0.3 is 0 Å². The van der Waals surface area contributed by atoms with Crippen LogP contribution in [0, 0.1) is 0 Å². The van der Waals surface area contributed by atoms with Crippen molar-refractivity contribution < 1.29 is 9.63 Å². The van der Waals surface area contributed by atoms with Crippen molar-refractivity contribution in [1.82, 2.24) is 14.8 Å². The maximum Gasteiger partial charge on any atom is 0.270 e. The van der Waals surface area contributed by atoms with Gasteiger partial charge in [0, 0.05) is 31.4 Å². The monoisotopic (exact) mass is 221 g/mol. The lowest BCUT2D eigenvalue weighted by Crippen LogP contribution is -2.34. The predicted octanol–water partition coefficient (Wildman–Crippen LogP) is 0.987. The van der Waals surface area contributed by atoms with Crippen molar-refractivity contribution in [3.05, 3.63) is 24.0 Å². The minimum Gasteiger partial charge on any atom is -0.275 e. The first-order valence-corrected chi connectivity index (χ1v) is 5.37. The minimum absolute atomic E-state index is 0.108. The number of rotatable bonds is 2. The Kier molecular flexibility index (Phi) is 3.36. The summed E-state index contributed by atoms with van der Waals surface area (Å²) < 4.78 is 1.70. The van der Waals surface area contributed by atoms with Crippen LogP contribution in [0.1, 0.15) is 18.4 Å². The van der Waals surface area contributed by atoms with Crippen molar-refractivity contribution in [2.75, 3.05) is 13.2 Å². The van der Waals surface area contributed by atoms with Gasteiger partial charge in [-0.1, -0.05) is 0 Å². The zero-order valence-electron chi connectivity index (χ0n) is 9.30. The molecule has 1 saturated heterocycles. The summed E-state index contributed by atoms with van der Waals surface area (Å²) in [5.41, 5.74) is 0.910. The van der Waals surface area contributed by atoms with Crippen molar-refractivity contribution in [3.63, 3.8) is 0 Å². The fourth-order valence-corrected chi connectivity index (χ4v) is 1.55. The third kappa shape index (κ3) is 2.70. The minimum atomic E-state index is -0.108. The highest BCUT2D eigenvalue weighted by Gasteiger charge is 2.14. The van der Waals surface area contributed by atoms with E-state index in [1.165, 1.54) is 11.1 Å². The summed E-state index contributed by atoms with van der Waals surface area (Å²) in [5, 5.41) is 5.43. The lowest BCUT2D eigenvalue weighted by molar-refractivity contribution is -0.191. The number of carbonyl (C=O) groups is 1. The predicted molar refractivity (Wildman–Crippen MR) is 59.1 cm³/mol.